The second-order valence-electron chi connectivity index (χ2n) is 6.33. The quantitative estimate of drug-likeness (QED) is 0.930. The van der Waals surface area contributed by atoms with Gasteiger partial charge < -0.3 is 5.32 Å². The van der Waals surface area contributed by atoms with Gasteiger partial charge in [-0.2, -0.15) is 5.26 Å². The van der Waals surface area contributed by atoms with Gasteiger partial charge in [-0.15, -0.1) is 0 Å². The average Bonchev–Trinajstić information content (AvgIpc) is 2.38. The van der Waals surface area contributed by atoms with Crippen LogP contribution in [-0.4, -0.2) is 19.1 Å². The lowest BCUT2D eigenvalue weighted by atomic mass is 9.95. The minimum atomic E-state index is -3.42. The van der Waals surface area contributed by atoms with Crippen molar-refractivity contribution in [3.8, 4) is 6.07 Å². The summed E-state index contributed by atoms with van der Waals surface area (Å²) in [4.78, 5) is 12.1. The second kappa shape index (κ2) is 5.49. The predicted molar refractivity (Wildman–Crippen MR) is 81.4 cm³/mol. The lowest BCUT2D eigenvalue weighted by Gasteiger charge is -2.19. The number of hydrogen-bond acceptors (Lipinski definition) is 4. The fraction of sp³-hybridized carbons (Fsp3) is 0.467. The van der Waals surface area contributed by atoms with E-state index in [1.807, 2.05) is 6.07 Å². The highest BCUT2D eigenvalue weighted by Crippen LogP contribution is 2.26. The van der Waals surface area contributed by atoms with Crippen molar-refractivity contribution in [2.45, 2.75) is 44.3 Å². The van der Waals surface area contributed by atoms with Crippen LogP contribution in [0.3, 0.4) is 0 Å². The Labute approximate surface area is 125 Å². The molecule has 0 aliphatic carbocycles. The first kappa shape index (κ1) is 17.2. The fourth-order valence-electron chi connectivity index (χ4n) is 1.41. The van der Waals surface area contributed by atoms with E-state index < -0.39 is 25.9 Å². The van der Waals surface area contributed by atoms with E-state index in [2.05, 4.69) is 5.32 Å². The molecule has 0 saturated carbocycles. The molecule has 1 amide bonds. The summed E-state index contributed by atoms with van der Waals surface area (Å²) >= 11 is 0. The number of carbonyl (C=O) groups is 1. The molecule has 0 atom stereocenters. The SMILES string of the molecule is CC(C)(C#N)C(=O)Nc1ccc(S(=O)(=O)C(C)(C)C)cc1. The Bertz CT molecular complexity index is 675. The number of anilines is 1. The summed E-state index contributed by atoms with van der Waals surface area (Å²) in [5.41, 5.74) is -0.688. The van der Waals surface area contributed by atoms with E-state index in [1.165, 1.54) is 38.1 Å². The van der Waals surface area contributed by atoms with Gasteiger partial charge in [-0.25, -0.2) is 8.42 Å². The van der Waals surface area contributed by atoms with Gasteiger partial charge in [-0.3, -0.25) is 4.79 Å². The Morgan fingerprint density at radius 1 is 1.10 bits per heavy atom. The van der Waals surface area contributed by atoms with Gasteiger partial charge in [-0.05, 0) is 58.9 Å². The van der Waals surface area contributed by atoms with Gasteiger partial charge in [0.25, 0.3) is 0 Å². The number of carbonyl (C=O) groups excluding carboxylic acids is 1. The fourth-order valence-corrected chi connectivity index (χ4v) is 2.61. The molecule has 0 aromatic heterocycles. The van der Waals surface area contributed by atoms with Crippen molar-refractivity contribution in [2.75, 3.05) is 5.32 Å². The van der Waals surface area contributed by atoms with Crippen LogP contribution in [0, 0.1) is 16.7 Å². The largest absolute Gasteiger partial charge is 0.325 e. The zero-order valence-electron chi connectivity index (χ0n) is 12.9. The third kappa shape index (κ3) is 3.61. The Morgan fingerprint density at radius 3 is 1.95 bits per heavy atom. The smallest absolute Gasteiger partial charge is 0.244 e. The van der Waals surface area contributed by atoms with Crippen molar-refractivity contribution in [1.82, 2.24) is 0 Å². The van der Waals surface area contributed by atoms with Gasteiger partial charge in [0.1, 0.15) is 5.41 Å². The van der Waals surface area contributed by atoms with Gasteiger partial charge in [0.15, 0.2) is 9.84 Å². The Balaban J connectivity index is 3.01. The van der Waals surface area contributed by atoms with Crippen LogP contribution in [0.5, 0.6) is 0 Å². The maximum absolute atomic E-state index is 12.3. The zero-order valence-corrected chi connectivity index (χ0v) is 13.7. The molecular weight excluding hydrogens is 288 g/mol. The topological polar surface area (TPSA) is 87.0 Å². The first-order valence-corrected chi connectivity index (χ1v) is 7.97. The molecule has 0 fully saturated rings. The van der Waals surface area contributed by atoms with Crippen LogP contribution in [0.15, 0.2) is 29.2 Å². The summed E-state index contributed by atoms with van der Waals surface area (Å²) < 4.78 is 23.6. The molecule has 114 valence electrons. The van der Waals surface area contributed by atoms with Gasteiger partial charge in [0, 0.05) is 5.69 Å². The molecule has 1 aromatic carbocycles. The first-order valence-electron chi connectivity index (χ1n) is 6.49. The van der Waals surface area contributed by atoms with Crippen LogP contribution < -0.4 is 5.32 Å². The maximum atomic E-state index is 12.3. The minimum Gasteiger partial charge on any atom is -0.325 e. The average molecular weight is 308 g/mol. The molecule has 0 aliphatic rings. The highest BCUT2D eigenvalue weighted by molar-refractivity contribution is 7.92. The molecule has 5 nitrogen and oxygen atoms in total. The van der Waals surface area contributed by atoms with Crippen LogP contribution in [0.4, 0.5) is 5.69 Å². The third-order valence-electron chi connectivity index (χ3n) is 3.08. The third-order valence-corrected chi connectivity index (χ3v) is 5.58. The molecule has 1 N–H and O–H groups in total. The molecule has 0 radical (unpaired) electrons. The van der Waals surface area contributed by atoms with Crippen LogP contribution in [0.25, 0.3) is 0 Å². The second-order valence-corrected chi connectivity index (χ2v) is 9.03. The van der Waals surface area contributed by atoms with E-state index in [1.54, 1.807) is 20.8 Å². The molecule has 0 heterocycles. The Hall–Kier alpha value is -1.87. The number of sulfone groups is 1. The standard InChI is InChI=1S/C15H20N2O3S/c1-14(2,3)21(19,20)12-8-6-11(7-9-12)17-13(18)15(4,5)10-16/h6-9H,1-5H3,(H,17,18). The van der Waals surface area contributed by atoms with Crippen molar-refractivity contribution >= 4 is 21.4 Å². The van der Waals surface area contributed by atoms with Crippen molar-refractivity contribution < 1.29 is 13.2 Å². The summed E-state index contributed by atoms with van der Waals surface area (Å²) in [5, 5.41) is 11.5. The number of nitriles is 1. The number of amides is 1. The van der Waals surface area contributed by atoms with Crippen molar-refractivity contribution in [3.05, 3.63) is 24.3 Å². The molecule has 0 unspecified atom stereocenters. The van der Waals surface area contributed by atoms with E-state index in [4.69, 9.17) is 5.26 Å². The van der Waals surface area contributed by atoms with Gasteiger partial charge in [0.2, 0.25) is 5.91 Å². The van der Waals surface area contributed by atoms with Gasteiger partial charge in [0.05, 0.1) is 15.7 Å². The number of rotatable bonds is 3. The summed E-state index contributed by atoms with van der Waals surface area (Å²) in [5.74, 6) is -0.434. The molecular formula is C15H20N2O3S. The van der Waals surface area contributed by atoms with E-state index in [-0.39, 0.29) is 4.90 Å². The molecule has 0 aliphatic heterocycles. The van der Waals surface area contributed by atoms with E-state index >= 15 is 0 Å². The number of nitrogens with one attached hydrogen (secondary N) is 1. The molecule has 1 rings (SSSR count). The molecule has 0 saturated heterocycles. The maximum Gasteiger partial charge on any atom is 0.244 e. The van der Waals surface area contributed by atoms with Gasteiger partial charge in [-0.1, -0.05) is 0 Å². The summed E-state index contributed by atoms with van der Waals surface area (Å²) in [6, 6.07) is 7.85. The monoisotopic (exact) mass is 308 g/mol. The van der Waals surface area contributed by atoms with E-state index in [0.717, 1.165) is 0 Å². The summed E-state index contributed by atoms with van der Waals surface area (Å²) in [6.45, 7) is 7.93. The first-order chi connectivity index (χ1) is 9.41. The number of benzene rings is 1. The van der Waals surface area contributed by atoms with Crippen molar-refractivity contribution in [3.63, 3.8) is 0 Å². The summed E-state index contributed by atoms with van der Waals surface area (Å²) in [7, 11) is -3.42. The molecule has 6 heteroatoms. The highest BCUT2D eigenvalue weighted by atomic mass is 32.2. The molecule has 21 heavy (non-hydrogen) atoms. The van der Waals surface area contributed by atoms with E-state index in [9.17, 15) is 13.2 Å². The van der Waals surface area contributed by atoms with Crippen molar-refractivity contribution in [1.29, 1.82) is 5.26 Å². The Morgan fingerprint density at radius 2 is 1.57 bits per heavy atom. The molecule has 0 spiro atoms. The Kier molecular flexibility index (Phi) is 4.49. The normalized spacial score (nSPS) is 12.6. The van der Waals surface area contributed by atoms with Crippen LogP contribution in [-0.2, 0) is 14.6 Å². The molecule has 0 bridgehead atoms. The van der Waals surface area contributed by atoms with Crippen LogP contribution in [0.2, 0.25) is 0 Å². The molecule has 1 aromatic rings. The lowest BCUT2D eigenvalue weighted by molar-refractivity contribution is -0.121. The summed E-state index contributed by atoms with van der Waals surface area (Å²) in [6.07, 6.45) is 0. The number of hydrogen-bond donors (Lipinski definition) is 1. The van der Waals surface area contributed by atoms with Crippen LogP contribution in [0.1, 0.15) is 34.6 Å². The van der Waals surface area contributed by atoms with Crippen molar-refractivity contribution in [2.24, 2.45) is 5.41 Å². The van der Waals surface area contributed by atoms with E-state index in [0.29, 0.717) is 5.69 Å². The van der Waals surface area contributed by atoms with Gasteiger partial charge >= 0.3 is 0 Å². The highest BCUT2D eigenvalue weighted by Gasteiger charge is 2.31. The predicted octanol–water partition coefficient (Wildman–Crippen LogP) is 2.75. The minimum absolute atomic E-state index is 0.201. The lowest BCUT2D eigenvalue weighted by Crippen LogP contribution is -2.29. The number of nitrogens with zero attached hydrogens (tertiary/aromatic N) is 1. The van der Waals surface area contributed by atoms with Crippen LogP contribution >= 0.6 is 0 Å². The zero-order chi connectivity index (χ0) is 16.5.